The van der Waals surface area contributed by atoms with Crippen LogP contribution >= 0.6 is 11.6 Å². The highest BCUT2D eigenvalue weighted by Gasteiger charge is 2.14. The van der Waals surface area contributed by atoms with Gasteiger partial charge in [0.05, 0.1) is 5.69 Å². The van der Waals surface area contributed by atoms with Gasteiger partial charge in [0.1, 0.15) is 11.1 Å². The fourth-order valence-electron chi connectivity index (χ4n) is 3.23. The van der Waals surface area contributed by atoms with Gasteiger partial charge in [-0.3, -0.25) is 4.79 Å². The minimum absolute atomic E-state index is 0.232. The summed E-state index contributed by atoms with van der Waals surface area (Å²) in [4.78, 5) is 17.8. The second-order valence-electron chi connectivity index (χ2n) is 7.32. The molecule has 0 spiro atoms. The van der Waals surface area contributed by atoms with Gasteiger partial charge >= 0.3 is 0 Å². The Morgan fingerprint density at radius 1 is 0.933 bits per heavy atom. The standard InChI is InChI=1S/C25H21ClN2O2/c1-15-8-11-22(17(3)12-15)28-24(29)20-13-18-6-4-5-7-23(18)30-25(20)27-19-10-9-16(2)21(26)14-19/h4-14H,1-3H3,(H,28,29). The van der Waals surface area contributed by atoms with Crippen LogP contribution in [0.15, 0.2) is 76.1 Å². The van der Waals surface area contributed by atoms with E-state index in [0.717, 1.165) is 27.8 Å². The van der Waals surface area contributed by atoms with Gasteiger partial charge in [-0.05, 0) is 62.2 Å². The lowest BCUT2D eigenvalue weighted by atomic mass is 10.1. The molecule has 0 aliphatic heterocycles. The summed E-state index contributed by atoms with van der Waals surface area (Å²) in [7, 11) is 0. The van der Waals surface area contributed by atoms with E-state index in [4.69, 9.17) is 16.0 Å². The average Bonchev–Trinajstić information content (AvgIpc) is 2.72. The van der Waals surface area contributed by atoms with Crippen molar-refractivity contribution in [3.63, 3.8) is 0 Å². The number of anilines is 1. The fraction of sp³-hybridized carbons (Fsp3) is 0.120. The second kappa shape index (κ2) is 8.17. The highest BCUT2D eigenvalue weighted by atomic mass is 35.5. The van der Waals surface area contributed by atoms with Gasteiger partial charge in [0.25, 0.3) is 5.91 Å². The molecule has 150 valence electrons. The molecule has 1 heterocycles. The summed E-state index contributed by atoms with van der Waals surface area (Å²) in [6.45, 7) is 5.91. The summed E-state index contributed by atoms with van der Waals surface area (Å²) in [5.41, 5.74) is 5.69. The molecule has 0 bridgehead atoms. The third-order valence-corrected chi connectivity index (χ3v) is 5.32. The van der Waals surface area contributed by atoms with E-state index < -0.39 is 0 Å². The predicted octanol–water partition coefficient (Wildman–Crippen LogP) is 6.50. The number of aryl methyl sites for hydroxylation is 3. The quantitative estimate of drug-likeness (QED) is 0.414. The molecule has 0 fully saturated rings. The molecule has 0 saturated carbocycles. The Kier molecular flexibility index (Phi) is 5.42. The summed E-state index contributed by atoms with van der Waals surface area (Å²) >= 11 is 6.25. The Labute approximate surface area is 179 Å². The van der Waals surface area contributed by atoms with Crippen LogP contribution in [-0.2, 0) is 0 Å². The summed E-state index contributed by atoms with van der Waals surface area (Å²) < 4.78 is 6.00. The SMILES string of the molecule is Cc1ccc(NC(=O)c2cc3ccccc3oc2=Nc2ccc(C)c(Cl)c2)c(C)c1. The molecule has 1 aromatic heterocycles. The summed E-state index contributed by atoms with van der Waals surface area (Å²) in [5, 5.41) is 4.41. The number of hydrogen-bond acceptors (Lipinski definition) is 3. The normalized spacial score (nSPS) is 11.7. The fourth-order valence-corrected chi connectivity index (χ4v) is 3.40. The Balaban J connectivity index is 1.84. The predicted molar refractivity (Wildman–Crippen MR) is 121 cm³/mol. The minimum Gasteiger partial charge on any atom is -0.438 e. The number of amides is 1. The molecule has 0 aliphatic rings. The van der Waals surface area contributed by atoms with Gasteiger partial charge in [-0.25, -0.2) is 4.99 Å². The van der Waals surface area contributed by atoms with Crippen molar-refractivity contribution < 1.29 is 9.21 Å². The maximum absolute atomic E-state index is 13.2. The molecular formula is C25H21ClN2O2. The zero-order chi connectivity index (χ0) is 21.3. The van der Waals surface area contributed by atoms with Gasteiger partial charge in [-0.1, -0.05) is 53.6 Å². The summed E-state index contributed by atoms with van der Waals surface area (Å²) in [5.74, 6) is -0.284. The molecule has 0 unspecified atom stereocenters. The first kappa shape index (κ1) is 19.9. The molecule has 1 N–H and O–H groups in total. The molecule has 0 atom stereocenters. The Morgan fingerprint density at radius 3 is 2.50 bits per heavy atom. The van der Waals surface area contributed by atoms with Gasteiger partial charge in [-0.15, -0.1) is 0 Å². The van der Waals surface area contributed by atoms with Crippen molar-refractivity contribution in [2.75, 3.05) is 5.32 Å². The smallest absolute Gasteiger partial charge is 0.261 e. The number of benzene rings is 3. The van der Waals surface area contributed by atoms with Crippen molar-refractivity contribution in [2.45, 2.75) is 20.8 Å². The first-order chi connectivity index (χ1) is 14.4. The van der Waals surface area contributed by atoms with Crippen molar-refractivity contribution in [3.8, 4) is 0 Å². The second-order valence-corrected chi connectivity index (χ2v) is 7.73. The highest BCUT2D eigenvalue weighted by Crippen LogP contribution is 2.23. The van der Waals surface area contributed by atoms with Crippen LogP contribution in [0.5, 0.6) is 0 Å². The van der Waals surface area contributed by atoms with Crippen molar-refractivity contribution in [1.29, 1.82) is 0 Å². The Hall–Kier alpha value is -3.37. The van der Waals surface area contributed by atoms with Crippen molar-refractivity contribution in [3.05, 3.63) is 99.6 Å². The number of halogens is 1. The Morgan fingerprint density at radius 2 is 1.73 bits per heavy atom. The van der Waals surface area contributed by atoms with Gasteiger partial charge in [0.2, 0.25) is 5.55 Å². The first-order valence-corrected chi connectivity index (χ1v) is 10.0. The maximum atomic E-state index is 13.2. The van der Waals surface area contributed by atoms with Crippen molar-refractivity contribution in [2.24, 2.45) is 4.99 Å². The zero-order valence-corrected chi connectivity index (χ0v) is 17.7. The van der Waals surface area contributed by atoms with Crippen molar-refractivity contribution in [1.82, 2.24) is 0 Å². The molecule has 3 aromatic carbocycles. The van der Waals surface area contributed by atoms with E-state index in [0.29, 0.717) is 21.9 Å². The van der Waals surface area contributed by atoms with Crippen LogP contribution in [0.3, 0.4) is 0 Å². The van der Waals surface area contributed by atoms with E-state index in [1.165, 1.54) is 0 Å². The minimum atomic E-state index is -0.284. The van der Waals surface area contributed by atoms with Gasteiger partial charge in [0, 0.05) is 16.1 Å². The van der Waals surface area contributed by atoms with Crippen LogP contribution in [0.1, 0.15) is 27.0 Å². The van der Waals surface area contributed by atoms with Crippen molar-refractivity contribution >= 4 is 39.9 Å². The Bertz CT molecular complexity index is 1340. The van der Waals surface area contributed by atoms with E-state index in [2.05, 4.69) is 10.3 Å². The van der Waals surface area contributed by atoms with Crippen LogP contribution in [0, 0.1) is 20.8 Å². The van der Waals surface area contributed by atoms with E-state index in [9.17, 15) is 4.79 Å². The lowest BCUT2D eigenvalue weighted by Crippen LogP contribution is -2.22. The third kappa shape index (κ3) is 4.14. The van der Waals surface area contributed by atoms with Crippen LogP contribution in [0.2, 0.25) is 5.02 Å². The summed E-state index contributed by atoms with van der Waals surface area (Å²) in [6.07, 6.45) is 0. The van der Waals surface area contributed by atoms with Crippen LogP contribution < -0.4 is 10.9 Å². The molecule has 4 aromatic rings. The molecule has 5 heteroatoms. The molecule has 1 amide bonds. The van der Waals surface area contributed by atoms with Crippen LogP contribution in [-0.4, -0.2) is 5.91 Å². The van der Waals surface area contributed by atoms with Crippen LogP contribution in [0.25, 0.3) is 11.0 Å². The third-order valence-electron chi connectivity index (χ3n) is 4.92. The molecule has 0 aliphatic carbocycles. The largest absolute Gasteiger partial charge is 0.438 e. The number of carbonyl (C=O) groups is 1. The number of para-hydroxylation sites is 1. The number of carbonyl (C=O) groups excluding carboxylic acids is 1. The number of nitrogens with zero attached hydrogens (tertiary/aromatic N) is 1. The van der Waals surface area contributed by atoms with E-state index in [1.807, 2.05) is 75.4 Å². The number of rotatable bonds is 3. The molecular weight excluding hydrogens is 396 g/mol. The molecule has 30 heavy (non-hydrogen) atoms. The van der Waals surface area contributed by atoms with Gasteiger partial charge in [-0.2, -0.15) is 0 Å². The zero-order valence-electron chi connectivity index (χ0n) is 17.0. The molecule has 0 saturated heterocycles. The lowest BCUT2D eigenvalue weighted by Gasteiger charge is -2.10. The average molecular weight is 417 g/mol. The van der Waals surface area contributed by atoms with E-state index in [-0.39, 0.29) is 11.5 Å². The maximum Gasteiger partial charge on any atom is 0.261 e. The number of hydrogen-bond donors (Lipinski definition) is 1. The first-order valence-electron chi connectivity index (χ1n) is 9.63. The lowest BCUT2D eigenvalue weighted by molar-refractivity contribution is 0.102. The topological polar surface area (TPSA) is 54.6 Å². The molecule has 0 radical (unpaired) electrons. The van der Waals surface area contributed by atoms with E-state index in [1.54, 1.807) is 12.1 Å². The van der Waals surface area contributed by atoms with Gasteiger partial charge < -0.3 is 9.73 Å². The number of nitrogens with one attached hydrogen (secondary N) is 1. The monoisotopic (exact) mass is 416 g/mol. The molecule has 4 nitrogen and oxygen atoms in total. The summed E-state index contributed by atoms with van der Waals surface area (Å²) in [6, 6.07) is 20.7. The van der Waals surface area contributed by atoms with E-state index >= 15 is 0 Å². The van der Waals surface area contributed by atoms with Gasteiger partial charge in [0.15, 0.2) is 0 Å². The van der Waals surface area contributed by atoms with Crippen LogP contribution in [0.4, 0.5) is 11.4 Å². The molecule has 4 rings (SSSR count). The number of fused-ring (bicyclic) bond motifs is 1. The highest BCUT2D eigenvalue weighted by molar-refractivity contribution is 6.31.